The Labute approximate surface area is 117 Å². The van der Waals surface area contributed by atoms with Crippen molar-refractivity contribution in [3.8, 4) is 5.69 Å². The molecule has 5 nitrogen and oxygen atoms in total. The highest BCUT2D eigenvalue weighted by molar-refractivity contribution is 7.99. The van der Waals surface area contributed by atoms with Crippen LogP contribution in [-0.4, -0.2) is 36.7 Å². The molecule has 1 aromatic heterocycles. The molecular weight excluding hydrogens is 260 g/mol. The highest BCUT2D eigenvalue weighted by Crippen LogP contribution is 2.24. The van der Waals surface area contributed by atoms with Crippen LogP contribution in [0.5, 0.6) is 0 Å². The normalized spacial score (nSPS) is 11.8. The molecule has 0 aliphatic heterocycles. The summed E-state index contributed by atoms with van der Waals surface area (Å²) in [7, 11) is 0. The second-order valence-corrected chi connectivity index (χ2v) is 6.14. The van der Waals surface area contributed by atoms with Crippen molar-refractivity contribution in [2.75, 3.05) is 5.75 Å². The van der Waals surface area contributed by atoms with Crippen molar-refractivity contribution >= 4 is 11.8 Å². The average molecular weight is 278 g/mol. The van der Waals surface area contributed by atoms with Crippen LogP contribution >= 0.6 is 11.8 Å². The molecule has 1 N–H and O–H groups in total. The second kappa shape index (κ2) is 5.30. The van der Waals surface area contributed by atoms with Gasteiger partial charge in [0.1, 0.15) is 0 Å². The summed E-state index contributed by atoms with van der Waals surface area (Å²) in [4.78, 5) is 0. The van der Waals surface area contributed by atoms with Crippen molar-refractivity contribution in [3.05, 3.63) is 29.3 Å². The minimum Gasteiger partial charge on any atom is -0.390 e. The minimum absolute atomic E-state index is 0.540. The maximum absolute atomic E-state index is 9.78. The van der Waals surface area contributed by atoms with E-state index >= 15 is 0 Å². The molecule has 0 saturated heterocycles. The maximum Gasteiger partial charge on any atom is 0.214 e. The van der Waals surface area contributed by atoms with Gasteiger partial charge < -0.3 is 5.11 Å². The van der Waals surface area contributed by atoms with Crippen LogP contribution in [0.2, 0.25) is 0 Å². The topological polar surface area (TPSA) is 63.8 Å². The molecule has 0 aliphatic carbocycles. The van der Waals surface area contributed by atoms with Crippen LogP contribution in [0.4, 0.5) is 0 Å². The van der Waals surface area contributed by atoms with Crippen molar-refractivity contribution in [3.63, 3.8) is 0 Å². The molecule has 0 fully saturated rings. The fraction of sp³-hybridized carbons (Fsp3) is 0.462. The van der Waals surface area contributed by atoms with Crippen molar-refractivity contribution in [2.24, 2.45) is 0 Å². The van der Waals surface area contributed by atoms with Crippen molar-refractivity contribution in [2.45, 2.75) is 38.5 Å². The van der Waals surface area contributed by atoms with Crippen molar-refractivity contribution in [1.82, 2.24) is 20.2 Å². The number of tetrazole rings is 1. The fourth-order valence-corrected chi connectivity index (χ4v) is 2.46. The van der Waals surface area contributed by atoms with Gasteiger partial charge in [-0.2, -0.15) is 4.68 Å². The SMILES string of the molecule is Cc1cccc(-n2nnnc2SCC(C)(C)O)c1C. The second-order valence-electron chi connectivity index (χ2n) is 5.19. The van der Waals surface area contributed by atoms with Crippen LogP contribution in [0.25, 0.3) is 5.69 Å². The zero-order chi connectivity index (χ0) is 14.0. The van der Waals surface area contributed by atoms with E-state index in [1.54, 1.807) is 18.5 Å². The Kier molecular flexibility index (Phi) is 3.91. The van der Waals surface area contributed by atoms with E-state index in [0.717, 1.165) is 11.3 Å². The number of aliphatic hydroxyl groups is 1. The van der Waals surface area contributed by atoms with Crippen LogP contribution in [0.15, 0.2) is 23.4 Å². The lowest BCUT2D eigenvalue weighted by Crippen LogP contribution is -2.22. The Morgan fingerprint density at radius 3 is 2.74 bits per heavy atom. The molecule has 0 bridgehead atoms. The first-order chi connectivity index (χ1) is 8.88. The molecule has 2 aromatic rings. The summed E-state index contributed by atoms with van der Waals surface area (Å²) in [5.41, 5.74) is 2.58. The lowest BCUT2D eigenvalue weighted by molar-refractivity contribution is 0.107. The van der Waals surface area contributed by atoms with Crippen LogP contribution in [0, 0.1) is 13.8 Å². The van der Waals surface area contributed by atoms with Gasteiger partial charge in [-0.1, -0.05) is 23.9 Å². The van der Waals surface area contributed by atoms with E-state index < -0.39 is 5.60 Å². The summed E-state index contributed by atoms with van der Waals surface area (Å²) in [5.74, 6) is 0.540. The summed E-state index contributed by atoms with van der Waals surface area (Å²) in [6.45, 7) is 7.65. The zero-order valence-corrected chi connectivity index (χ0v) is 12.4. The first kappa shape index (κ1) is 14.0. The Morgan fingerprint density at radius 2 is 2.05 bits per heavy atom. The summed E-state index contributed by atoms with van der Waals surface area (Å²) in [6, 6.07) is 6.05. The molecule has 0 unspecified atom stereocenters. The van der Waals surface area contributed by atoms with Crippen LogP contribution < -0.4 is 0 Å². The molecule has 102 valence electrons. The molecule has 1 aromatic carbocycles. The maximum atomic E-state index is 9.78. The Morgan fingerprint density at radius 1 is 1.32 bits per heavy atom. The van der Waals surface area contributed by atoms with E-state index in [1.165, 1.54) is 17.3 Å². The molecule has 0 saturated carbocycles. The predicted molar refractivity (Wildman–Crippen MR) is 75.6 cm³/mol. The lowest BCUT2D eigenvalue weighted by atomic mass is 10.1. The number of aromatic nitrogens is 4. The molecule has 0 spiro atoms. The average Bonchev–Trinajstić information content (AvgIpc) is 2.77. The Hall–Kier alpha value is -1.40. The molecular formula is C13H18N4OS. The van der Waals surface area contributed by atoms with Gasteiger partial charge in [0.15, 0.2) is 0 Å². The zero-order valence-electron chi connectivity index (χ0n) is 11.6. The van der Waals surface area contributed by atoms with Gasteiger partial charge in [0.2, 0.25) is 5.16 Å². The largest absolute Gasteiger partial charge is 0.390 e. The van der Waals surface area contributed by atoms with Crippen LogP contribution in [-0.2, 0) is 0 Å². The van der Waals surface area contributed by atoms with E-state index in [-0.39, 0.29) is 0 Å². The van der Waals surface area contributed by atoms with Gasteiger partial charge >= 0.3 is 0 Å². The number of nitrogens with zero attached hydrogens (tertiary/aromatic N) is 4. The first-order valence-electron chi connectivity index (χ1n) is 6.08. The molecule has 0 radical (unpaired) electrons. The van der Waals surface area contributed by atoms with Crippen molar-refractivity contribution < 1.29 is 5.11 Å². The van der Waals surface area contributed by atoms with Crippen LogP contribution in [0.3, 0.4) is 0 Å². The van der Waals surface area contributed by atoms with Gasteiger partial charge in [0, 0.05) is 5.75 Å². The number of hydrogen-bond donors (Lipinski definition) is 1. The lowest BCUT2D eigenvalue weighted by Gasteiger charge is -2.16. The first-order valence-corrected chi connectivity index (χ1v) is 7.07. The third kappa shape index (κ3) is 3.33. The molecule has 19 heavy (non-hydrogen) atoms. The fourth-order valence-electron chi connectivity index (χ4n) is 1.63. The number of thioether (sulfide) groups is 1. The molecule has 6 heteroatoms. The number of rotatable bonds is 4. The van der Waals surface area contributed by atoms with Gasteiger partial charge in [0.05, 0.1) is 11.3 Å². The monoisotopic (exact) mass is 278 g/mol. The van der Waals surface area contributed by atoms with Crippen molar-refractivity contribution in [1.29, 1.82) is 0 Å². The van der Waals surface area contributed by atoms with Gasteiger partial charge in [0.25, 0.3) is 0 Å². The molecule has 0 amide bonds. The number of benzene rings is 1. The number of aryl methyl sites for hydroxylation is 1. The summed E-state index contributed by atoms with van der Waals surface area (Å²) < 4.78 is 1.72. The van der Waals surface area contributed by atoms with E-state index in [0.29, 0.717) is 10.9 Å². The van der Waals surface area contributed by atoms with E-state index in [4.69, 9.17) is 0 Å². The van der Waals surface area contributed by atoms with Gasteiger partial charge in [-0.25, -0.2) is 0 Å². The summed E-state index contributed by atoms with van der Waals surface area (Å²) in [6.07, 6.45) is 0. The quantitative estimate of drug-likeness (QED) is 0.868. The molecule has 0 aliphatic rings. The summed E-state index contributed by atoms with van der Waals surface area (Å²) in [5, 5.41) is 22.3. The third-order valence-corrected chi connectivity index (χ3v) is 4.16. The summed E-state index contributed by atoms with van der Waals surface area (Å²) >= 11 is 1.45. The number of hydrogen-bond acceptors (Lipinski definition) is 5. The van der Waals surface area contributed by atoms with Crippen LogP contribution in [0.1, 0.15) is 25.0 Å². The standard InChI is InChI=1S/C13H18N4OS/c1-9-6-5-7-11(10(9)2)17-12(14-15-16-17)19-8-13(3,4)18/h5-7,18H,8H2,1-4H3. The van der Waals surface area contributed by atoms with Gasteiger partial charge in [-0.15, -0.1) is 5.10 Å². The molecule has 2 rings (SSSR count). The van der Waals surface area contributed by atoms with E-state index in [2.05, 4.69) is 35.4 Å². The minimum atomic E-state index is -0.747. The Bertz CT molecular complexity index is 574. The van der Waals surface area contributed by atoms with E-state index in [9.17, 15) is 5.11 Å². The predicted octanol–water partition coefficient (Wildman–Crippen LogP) is 2.14. The van der Waals surface area contributed by atoms with Gasteiger partial charge in [-0.3, -0.25) is 0 Å². The Balaban J connectivity index is 2.31. The highest BCUT2D eigenvalue weighted by atomic mass is 32.2. The van der Waals surface area contributed by atoms with Gasteiger partial charge in [-0.05, 0) is 55.3 Å². The molecule has 1 heterocycles. The van der Waals surface area contributed by atoms with E-state index in [1.807, 2.05) is 12.1 Å². The third-order valence-electron chi connectivity index (χ3n) is 2.80. The highest BCUT2D eigenvalue weighted by Gasteiger charge is 2.17. The molecule has 0 atom stereocenters. The smallest absolute Gasteiger partial charge is 0.214 e.